The molecule has 16 heavy (non-hydrogen) atoms. The van der Waals surface area contributed by atoms with Crippen molar-refractivity contribution < 1.29 is 23.6 Å². The normalized spacial score (nSPS) is 9.88. The number of methoxy groups -OCH3 is 2. The highest BCUT2D eigenvalue weighted by molar-refractivity contribution is 5.94. The zero-order valence-corrected chi connectivity index (χ0v) is 8.98. The molecule has 1 aromatic heterocycles. The fourth-order valence-electron chi connectivity index (χ4n) is 0.945. The van der Waals surface area contributed by atoms with Gasteiger partial charge in [-0.3, -0.25) is 9.59 Å². The Morgan fingerprint density at radius 1 is 1.50 bits per heavy atom. The van der Waals surface area contributed by atoms with Crippen molar-refractivity contribution in [1.29, 1.82) is 0 Å². The van der Waals surface area contributed by atoms with Crippen molar-refractivity contribution in [2.24, 2.45) is 0 Å². The summed E-state index contributed by atoms with van der Waals surface area (Å²) < 4.78 is 14.0. The summed E-state index contributed by atoms with van der Waals surface area (Å²) >= 11 is 0. The van der Waals surface area contributed by atoms with E-state index in [1.54, 1.807) is 0 Å². The van der Waals surface area contributed by atoms with Crippen molar-refractivity contribution in [2.75, 3.05) is 20.8 Å². The molecule has 1 aromatic rings. The topological polar surface area (TPSA) is 90.7 Å². The fourth-order valence-corrected chi connectivity index (χ4v) is 0.945. The molecule has 7 heteroatoms. The second-order valence-electron chi connectivity index (χ2n) is 2.87. The number of carbonyl (C=O) groups is 2. The van der Waals surface area contributed by atoms with E-state index in [0.29, 0.717) is 5.76 Å². The number of ether oxygens (including phenoxy) is 2. The van der Waals surface area contributed by atoms with E-state index in [9.17, 15) is 9.59 Å². The molecule has 0 aliphatic carbocycles. The molecule has 1 rings (SSSR count). The molecule has 0 aromatic carbocycles. The third-order valence-corrected chi connectivity index (χ3v) is 1.70. The van der Waals surface area contributed by atoms with Crippen LogP contribution >= 0.6 is 0 Å². The smallest absolute Gasteiger partial charge is 0.325 e. The fraction of sp³-hybridized carbons (Fsp3) is 0.444. The maximum Gasteiger partial charge on any atom is 0.325 e. The summed E-state index contributed by atoms with van der Waals surface area (Å²) in [5.41, 5.74) is 0.0935. The van der Waals surface area contributed by atoms with Gasteiger partial charge in [0.15, 0.2) is 11.5 Å². The summed E-state index contributed by atoms with van der Waals surface area (Å²) in [5.74, 6) is -0.601. The number of carbonyl (C=O) groups excluding carboxylic acids is 2. The van der Waals surface area contributed by atoms with Crippen molar-refractivity contribution in [3.63, 3.8) is 0 Å². The number of nitrogens with zero attached hydrogens (tertiary/aromatic N) is 1. The number of nitrogens with one attached hydrogen (secondary N) is 1. The van der Waals surface area contributed by atoms with Crippen LogP contribution in [-0.4, -0.2) is 37.8 Å². The van der Waals surface area contributed by atoms with Gasteiger partial charge < -0.3 is 19.3 Å². The number of aromatic nitrogens is 1. The molecule has 1 heterocycles. The lowest BCUT2D eigenvalue weighted by Gasteiger charge is -1.99. The molecule has 0 aliphatic rings. The third-order valence-electron chi connectivity index (χ3n) is 1.70. The molecule has 0 aliphatic heterocycles. The van der Waals surface area contributed by atoms with Crippen LogP contribution in [0.3, 0.4) is 0 Å². The van der Waals surface area contributed by atoms with Gasteiger partial charge in [-0.15, -0.1) is 0 Å². The van der Waals surface area contributed by atoms with Gasteiger partial charge in [0.2, 0.25) is 0 Å². The highest BCUT2D eigenvalue weighted by Gasteiger charge is 2.13. The van der Waals surface area contributed by atoms with Gasteiger partial charge in [0.05, 0.1) is 7.11 Å². The van der Waals surface area contributed by atoms with Crippen molar-refractivity contribution in [3.05, 3.63) is 17.5 Å². The van der Waals surface area contributed by atoms with Gasteiger partial charge in [-0.05, 0) is 0 Å². The first-order chi connectivity index (χ1) is 7.67. The second-order valence-corrected chi connectivity index (χ2v) is 2.87. The standard InChI is InChI=1S/C9H12N2O5/c1-14-5-6-3-7(11-16-6)9(13)10-4-8(12)15-2/h3H,4-5H2,1-2H3,(H,10,13). The minimum Gasteiger partial charge on any atom is -0.468 e. The summed E-state index contributed by atoms with van der Waals surface area (Å²) in [6.45, 7) is 0.0269. The Bertz CT molecular complexity index is 374. The molecular weight excluding hydrogens is 216 g/mol. The van der Waals surface area contributed by atoms with Crippen LogP contribution in [0.1, 0.15) is 16.2 Å². The summed E-state index contributed by atoms with van der Waals surface area (Å²) in [6, 6.07) is 1.44. The molecule has 0 spiro atoms. The van der Waals surface area contributed by atoms with Crippen LogP contribution in [0.4, 0.5) is 0 Å². The molecule has 0 atom stereocenters. The zero-order valence-electron chi connectivity index (χ0n) is 8.98. The predicted octanol–water partition coefficient (Wildman–Crippen LogP) is -0.276. The van der Waals surface area contributed by atoms with E-state index in [1.807, 2.05) is 0 Å². The van der Waals surface area contributed by atoms with Crippen LogP contribution in [0.15, 0.2) is 10.6 Å². The average molecular weight is 228 g/mol. The van der Waals surface area contributed by atoms with Gasteiger partial charge in [-0.25, -0.2) is 0 Å². The molecule has 0 saturated heterocycles. The van der Waals surface area contributed by atoms with Crippen molar-refractivity contribution >= 4 is 11.9 Å². The van der Waals surface area contributed by atoms with Crippen LogP contribution in [0.2, 0.25) is 0 Å². The Labute approximate surface area is 91.7 Å². The Hall–Kier alpha value is -1.89. The van der Waals surface area contributed by atoms with E-state index < -0.39 is 11.9 Å². The summed E-state index contributed by atoms with van der Waals surface area (Å²) in [7, 11) is 2.74. The lowest BCUT2D eigenvalue weighted by molar-refractivity contribution is -0.139. The number of amides is 1. The molecule has 1 N–H and O–H groups in total. The maximum atomic E-state index is 11.4. The van der Waals surface area contributed by atoms with Gasteiger partial charge in [-0.2, -0.15) is 0 Å². The van der Waals surface area contributed by atoms with E-state index in [0.717, 1.165) is 0 Å². The number of hydrogen-bond donors (Lipinski definition) is 1. The molecular formula is C9H12N2O5. The van der Waals surface area contributed by atoms with E-state index in [-0.39, 0.29) is 18.8 Å². The largest absolute Gasteiger partial charge is 0.468 e. The minimum atomic E-state index is -0.533. The van der Waals surface area contributed by atoms with E-state index >= 15 is 0 Å². The molecule has 0 bridgehead atoms. The molecule has 0 saturated carbocycles. The predicted molar refractivity (Wildman–Crippen MR) is 51.6 cm³/mol. The number of rotatable bonds is 5. The van der Waals surface area contributed by atoms with Gasteiger partial charge in [0, 0.05) is 13.2 Å². The Balaban J connectivity index is 2.49. The van der Waals surface area contributed by atoms with Crippen molar-refractivity contribution in [2.45, 2.75) is 6.61 Å². The Morgan fingerprint density at radius 2 is 2.25 bits per heavy atom. The molecule has 0 unspecified atom stereocenters. The van der Waals surface area contributed by atoms with Gasteiger partial charge in [-0.1, -0.05) is 5.16 Å². The third kappa shape index (κ3) is 3.35. The van der Waals surface area contributed by atoms with Crippen molar-refractivity contribution in [3.8, 4) is 0 Å². The van der Waals surface area contributed by atoms with Crippen LogP contribution in [0.5, 0.6) is 0 Å². The second kappa shape index (κ2) is 5.86. The van der Waals surface area contributed by atoms with Gasteiger partial charge in [0.25, 0.3) is 5.91 Å². The van der Waals surface area contributed by atoms with Crippen molar-refractivity contribution in [1.82, 2.24) is 10.5 Å². The molecule has 0 radical (unpaired) electrons. The summed E-state index contributed by atoms with van der Waals surface area (Å²) in [4.78, 5) is 22.2. The Kier molecular flexibility index (Phi) is 4.46. The first-order valence-electron chi connectivity index (χ1n) is 4.47. The van der Waals surface area contributed by atoms with E-state index in [2.05, 4.69) is 15.2 Å². The molecule has 1 amide bonds. The zero-order chi connectivity index (χ0) is 12.0. The lowest BCUT2D eigenvalue weighted by Crippen LogP contribution is -2.30. The summed E-state index contributed by atoms with van der Waals surface area (Å²) in [6.07, 6.45) is 0. The van der Waals surface area contributed by atoms with E-state index in [1.165, 1.54) is 20.3 Å². The first kappa shape index (κ1) is 12.2. The van der Waals surface area contributed by atoms with Gasteiger partial charge in [0.1, 0.15) is 13.2 Å². The highest BCUT2D eigenvalue weighted by atomic mass is 16.5. The van der Waals surface area contributed by atoms with E-state index in [4.69, 9.17) is 9.26 Å². The average Bonchev–Trinajstić information content (AvgIpc) is 2.74. The molecule has 0 fully saturated rings. The quantitative estimate of drug-likeness (QED) is 0.697. The van der Waals surface area contributed by atoms with Crippen LogP contribution in [0, 0.1) is 0 Å². The first-order valence-corrected chi connectivity index (χ1v) is 4.47. The van der Waals surface area contributed by atoms with Crippen LogP contribution < -0.4 is 5.32 Å². The number of esters is 1. The molecule has 88 valence electrons. The van der Waals surface area contributed by atoms with Gasteiger partial charge >= 0.3 is 5.97 Å². The maximum absolute atomic E-state index is 11.4. The minimum absolute atomic E-state index is 0.0935. The Morgan fingerprint density at radius 3 is 2.88 bits per heavy atom. The van der Waals surface area contributed by atoms with Crippen LogP contribution in [-0.2, 0) is 20.9 Å². The van der Waals surface area contributed by atoms with Crippen LogP contribution in [0.25, 0.3) is 0 Å². The lowest BCUT2D eigenvalue weighted by atomic mass is 10.3. The SMILES string of the molecule is COCc1cc(C(=O)NCC(=O)OC)no1. The number of hydrogen-bond acceptors (Lipinski definition) is 6. The monoisotopic (exact) mass is 228 g/mol. The highest BCUT2D eigenvalue weighted by Crippen LogP contribution is 2.04. The summed E-state index contributed by atoms with van der Waals surface area (Å²) in [5, 5.41) is 5.85. The molecule has 7 nitrogen and oxygen atoms in total.